The molecule has 0 aliphatic rings. The summed E-state index contributed by atoms with van der Waals surface area (Å²) in [6.45, 7) is 0. The Labute approximate surface area is 73.1 Å². The van der Waals surface area contributed by atoms with E-state index in [0.717, 1.165) is 0 Å². The van der Waals surface area contributed by atoms with E-state index in [2.05, 4.69) is 4.74 Å². The van der Waals surface area contributed by atoms with Crippen LogP contribution in [0.5, 0.6) is 0 Å². The van der Waals surface area contributed by atoms with Crippen molar-refractivity contribution in [3.05, 3.63) is 0 Å². The van der Waals surface area contributed by atoms with E-state index >= 15 is 0 Å². The molecule has 0 rings (SSSR count). The number of aliphatic carboxylic acids is 1. The normalized spacial score (nSPS) is 12.2. The van der Waals surface area contributed by atoms with E-state index < -0.39 is 17.4 Å². The number of methoxy groups -OCH3 is 1. The van der Waals surface area contributed by atoms with Gasteiger partial charge in [-0.2, -0.15) is 0 Å². The predicted octanol–water partition coefficient (Wildman–Crippen LogP) is 0.663. The maximum atomic E-state index is 12.3. The van der Waals surface area contributed by atoms with Crippen LogP contribution in [0.1, 0.15) is 6.42 Å². The topological polar surface area (TPSA) is 63.6 Å². The van der Waals surface area contributed by atoms with Crippen LogP contribution in [-0.2, 0) is 14.3 Å². The van der Waals surface area contributed by atoms with Crippen molar-refractivity contribution in [2.45, 2.75) is 11.9 Å². The minimum absolute atomic E-state index is 0.0227. The highest BCUT2D eigenvalue weighted by molar-refractivity contribution is 8.00. The highest BCUT2D eigenvalue weighted by Crippen LogP contribution is 2.13. The van der Waals surface area contributed by atoms with Crippen LogP contribution in [0, 0.1) is 0 Å². The second-order valence-electron chi connectivity index (χ2n) is 1.85. The third-order valence-electron chi connectivity index (χ3n) is 0.992. The Morgan fingerprint density at radius 2 is 2.25 bits per heavy atom. The first kappa shape index (κ1) is 11.2. The zero-order valence-corrected chi connectivity index (χ0v) is 7.27. The zero-order valence-electron chi connectivity index (χ0n) is 6.45. The lowest BCUT2D eigenvalue weighted by molar-refractivity contribution is -0.141. The Morgan fingerprint density at radius 1 is 1.67 bits per heavy atom. The number of carboxylic acid groups (broad SMARTS) is 1. The average molecular weight is 196 g/mol. The van der Waals surface area contributed by atoms with Gasteiger partial charge in [0.15, 0.2) is 0 Å². The lowest BCUT2D eigenvalue weighted by Crippen LogP contribution is -2.11. The molecule has 0 saturated carbocycles. The molecule has 0 aliphatic heterocycles. The Hall–Kier alpha value is -0.780. The Balaban J connectivity index is 3.43. The van der Waals surface area contributed by atoms with Gasteiger partial charge < -0.3 is 9.84 Å². The van der Waals surface area contributed by atoms with Gasteiger partial charge >= 0.3 is 11.9 Å². The van der Waals surface area contributed by atoms with Crippen molar-refractivity contribution in [3.8, 4) is 0 Å². The number of carbonyl (C=O) groups excluding carboxylic acids is 1. The maximum Gasteiger partial charge on any atom is 0.348 e. The predicted molar refractivity (Wildman–Crippen MR) is 41.6 cm³/mol. The first-order valence-corrected chi connectivity index (χ1v) is 4.18. The molecule has 4 nitrogen and oxygen atoms in total. The molecule has 0 aromatic rings. The van der Waals surface area contributed by atoms with Gasteiger partial charge in [0, 0.05) is 5.75 Å². The molecule has 0 spiro atoms. The molecule has 70 valence electrons. The Kier molecular flexibility index (Phi) is 5.44. The Bertz CT molecular complexity index is 173. The molecule has 0 fully saturated rings. The monoisotopic (exact) mass is 196 g/mol. The third-order valence-corrected chi connectivity index (χ3v) is 1.93. The molecule has 1 atom stereocenters. The molecule has 6 heteroatoms. The molecule has 0 heterocycles. The van der Waals surface area contributed by atoms with Gasteiger partial charge in [-0.05, 0) is 0 Å². The SMILES string of the molecule is COC(=O)CCSC(F)C(=O)O. The van der Waals surface area contributed by atoms with Gasteiger partial charge in [0.25, 0.3) is 0 Å². The highest BCUT2D eigenvalue weighted by atomic mass is 32.2. The summed E-state index contributed by atoms with van der Waals surface area (Å²) < 4.78 is 16.6. The third kappa shape index (κ3) is 4.95. The van der Waals surface area contributed by atoms with Crippen molar-refractivity contribution in [3.63, 3.8) is 0 Å². The molecule has 12 heavy (non-hydrogen) atoms. The van der Waals surface area contributed by atoms with E-state index in [0.29, 0.717) is 11.8 Å². The van der Waals surface area contributed by atoms with Crippen LogP contribution in [-0.4, -0.2) is 35.4 Å². The fraction of sp³-hybridized carbons (Fsp3) is 0.667. The molecule has 1 N–H and O–H groups in total. The quantitative estimate of drug-likeness (QED) is 0.654. The van der Waals surface area contributed by atoms with Crippen molar-refractivity contribution in [2.75, 3.05) is 12.9 Å². The van der Waals surface area contributed by atoms with Crippen LogP contribution >= 0.6 is 11.8 Å². The van der Waals surface area contributed by atoms with Crippen LogP contribution in [0.3, 0.4) is 0 Å². The molecule has 0 bridgehead atoms. The number of thioether (sulfide) groups is 1. The summed E-state index contributed by atoms with van der Waals surface area (Å²) in [7, 11) is 1.22. The fourth-order valence-electron chi connectivity index (χ4n) is 0.419. The second kappa shape index (κ2) is 5.82. The largest absolute Gasteiger partial charge is 0.478 e. The molecule has 0 aromatic carbocycles. The molecule has 0 aromatic heterocycles. The molecule has 1 unspecified atom stereocenters. The second-order valence-corrected chi connectivity index (χ2v) is 3.01. The number of rotatable bonds is 5. The van der Waals surface area contributed by atoms with Crippen LogP contribution < -0.4 is 0 Å². The first-order chi connectivity index (χ1) is 5.57. The minimum Gasteiger partial charge on any atom is -0.478 e. The van der Waals surface area contributed by atoms with Gasteiger partial charge in [-0.3, -0.25) is 4.79 Å². The summed E-state index contributed by atoms with van der Waals surface area (Å²) >= 11 is 0.561. The number of alkyl halides is 1. The summed E-state index contributed by atoms with van der Waals surface area (Å²) in [5, 5.41) is 8.09. The summed E-state index contributed by atoms with van der Waals surface area (Å²) in [4.78, 5) is 20.4. The summed E-state index contributed by atoms with van der Waals surface area (Å²) in [6, 6.07) is 0. The summed E-state index contributed by atoms with van der Waals surface area (Å²) in [6.07, 6.45) is 0.0227. The molecule has 0 saturated heterocycles. The van der Waals surface area contributed by atoms with Gasteiger partial charge in [0.05, 0.1) is 13.5 Å². The first-order valence-electron chi connectivity index (χ1n) is 3.13. The standard InChI is InChI=1S/C6H9FO4S/c1-11-4(8)2-3-12-5(7)6(9)10/h5H,2-3H2,1H3,(H,9,10). The van der Waals surface area contributed by atoms with E-state index in [1.807, 2.05) is 0 Å². The summed E-state index contributed by atoms with van der Waals surface area (Å²) in [5.41, 5.74) is -1.96. The van der Waals surface area contributed by atoms with E-state index in [4.69, 9.17) is 5.11 Å². The van der Waals surface area contributed by atoms with Gasteiger partial charge in [-0.25, -0.2) is 9.18 Å². The number of hydrogen-bond acceptors (Lipinski definition) is 4. The van der Waals surface area contributed by atoms with Crippen LogP contribution in [0.15, 0.2) is 0 Å². The number of ether oxygens (including phenoxy) is 1. The zero-order chi connectivity index (χ0) is 9.56. The molecule has 0 radical (unpaired) electrons. The van der Waals surface area contributed by atoms with E-state index in [9.17, 15) is 14.0 Å². The van der Waals surface area contributed by atoms with Crippen LogP contribution in [0.2, 0.25) is 0 Å². The van der Waals surface area contributed by atoms with Gasteiger partial charge in [0.1, 0.15) is 0 Å². The fourth-order valence-corrected chi connectivity index (χ4v) is 1.05. The van der Waals surface area contributed by atoms with Crippen molar-refractivity contribution < 1.29 is 23.8 Å². The van der Waals surface area contributed by atoms with Crippen molar-refractivity contribution >= 4 is 23.7 Å². The number of carbonyl (C=O) groups is 2. The lowest BCUT2D eigenvalue weighted by atomic mass is 10.5. The smallest absolute Gasteiger partial charge is 0.348 e. The number of hydrogen-bond donors (Lipinski definition) is 1. The average Bonchev–Trinajstić information content (AvgIpc) is 2.03. The van der Waals surface area contributed by atoms with Crippen LogP contribution in [0.25, 0.3) is 0 Å². The van der Waals surface area contributed by atoms with E-state index in [1.165, 1.54) is 7.11 Å². The summed E-state index contributed by atoms with van der Waals surface area (Å²) in [5.74, 6) is -1.88. The van der Waals surface area contributed by atoms with Crippen molar-refractivity contribution in [1.29, 1.82) is 0 Å². The van der Waals surface area contributed by atoms with Gasteiger partial charge in [-0.1, -0.05) is 0 Å². The number of esters is 1. The maximum absolute atomic E-state index is 12.3. The molecule has 0 amide bonds. The minimum atomic E-state index is -1.96. The van der Waals surface area contributed by atoms with E-state index in [-0.39, 0.29) is 12.2 Å². The molecule has 0 aliphatic carbocycles. The Morgan fingerprint density at radius 3 is 2.67 bits per heavy atom. The van der Waals surface area contributed by atoms with Gasteiger partial charge in [0.2, 0.25) is 5.50 Å². The van der Waals surface area contributed by atoms with Crippen LogP contribution in [0.4, 0.5) is 4.39 Å². The highest BCUT2D eigenvalue weighted by Gasteiger charge is 2.15. The molecular formula is C6H9FO4S. The van der Waals surface area contributed by atoms with Gasteiger partial charge in [-0.15, -0.1) is 11.8 Å². The molecular weight excluding hydrogens is 187 g/mol. The lowest BCUT2D eigenvalue weighted by Gasteiger charge is -2.01. The number of carboxylic acids is 1. The van der Waals surface area contributed by atoms with E-state index in [1.54, 1.807) is 0 Å². The number of halogens is 1. The van der Waals surface area contributed by atoms with Crippen molar-refractivity contribution in [1.82, 2.24) is 0 Å². The van der Waals surface area contributed by atoms with Crippen molar-refractivity contribution in [2.24, 2.45) is 0 Å².